The van der Waals surface area contributed by atoms with Gasteiger partial charge in [-0.15, -0.1) is 0 Å². The third kappa shape index (κ3) is 3.72. The molecule has 136 valence electrons. The Morgan fingerprint density at radius 1 is 1.19 bits per heavy atom. The van der Waals surface area contributed by atoms with E-state index in [4.69, 9.17) is 0 Å². The highest BCUT2D eigenvalue weighted by Crippen LogP contribution is 2.37. The molecule has 0 aromatic heterocycles. The predicted molar refractivity (Wildman–Crippen MR) is 92.8 cm³/mol. The first-order valence-electron chi connectivity index (χ1n) is 7.96. The van der Waals surface area contributed by atoms with Gasteiger partial charge in [-0.3, -0.25) is 4.79 Å². The minimum atomic E-state index is -4.43. The van der Waals surface area contributed by atoms with Gasteiger partial charge in [-0.2, -0.15) is 13.2 Å². The second-order valence-electron chi connectivity index (χ2n) is 6.08. The Labute approximate surface area is 148 Å². The van der Waals surface area contributed by atoms with E-state index in [9.17, 15) is 23.1 Å². The van der Waals surface area contributed by atoms with Gasteiger partial charge >= 0.3 is 6.18 Å². The standard InChI is InChI=1S/C19H17F3N2O2/c1-2-17(26)23-14-6-7-15-11(8-14)9-16(25)18(15)24-13-5-3-4-12(10-13)19(20,21)22/h2-8,10,16,18,24-25H,1,9H2,(H,23,26). The molecule has 2 aromatic rings. The van der Waals surface area contributed by atoms with Crippen molar-refractivity contribution in [2.45, 2.75) is 24.7 Å². The van der Waals surface area contributed by atoms with E-state index in [0.29, 0.717) is 12.1 Å². The molecule has 26 heavy (non-hydrogen) atoms. The van der Waals surface area contributed by atoms with E-state index in [0.717, 1.165) is 29.3 Å². The van der Waals surface area contributed by atoms with Crippen molar-refractivity contribution in [2.75, 3.05) is 10.6 Å². The van der Waals surface area contributed by atoms with Crippen LogP contribution in [0.4, 0.5) is 24.5 Å². The first-order chi connectivity index (χ1) is 12.3. The van der Waals surface area contributed by atoms with Crippen LogP contribution in [0.3, 0.4) is 0 Å². The number of alkyl halides is 3. The van der Waals surface area contributed by atoms with Crippen molar-refractivity contribution in [1.82, 2.24) is 0 Å². The Balaban J connectivity index is 1.83. The summed E-state index contributed by atoms with van der Waals surface area (Å²) in [5.41, 5.74) is 1.70. The van der Waals surface area contributed by atoms with E-state index < -0.39 is 23.9 Å². The van der Waals surface area contributed by atoms with Crippen molar-refractivity contribution < 1.29 is 23.1 Å². The molecule has 1 aliphatic carbocycles. The molecule has 0 saturated carbocycles. The topological polar surface area (TPSA) is 61.4 Å². The molecule has 0 radical (unpaired) electrons. The van der Waals surface area contributed by atoms with Crippen molar-refractivity contribution in [3.8, 4) is 0 Å². The highest BCUT2D eigenvalue weighted by molar-refractivity contribution is 5.98. The first-order valence-corrected chi connectivity index (χ1v) is 7.96. The Morgan fingerprint density at radius 2 is 1.96 bits per heavy atom. The van der Waals surface area contributed by atoms with Crippen LogP contribution in [0.5, 0.6) is 0 Å². The quantitative estimate of drug-likeness (QED) is 0.723. The molecule has 1 amide bonds. The highest BCUT2D eigenvalue weighted by atomic mass is 19.4. The number of fused-ring (bicyclic) bond motifs is 1. The van der Waals surface area contributed by atoms with Gasteiger partial charge in [0.1, 0.15) is 0 Å². The molecule has 0 fully saturated rings. The van der Waals surface area contributed by atoms with Crippen LogP contribution in [-0.4, -0.2) is 17.1 Å². The van der Waals surface area contributed by atoms with E-state index >= 15 is 0 Å². The normalized spacial score (nSPS) is 18.9. The summed E-state index contributed by atoms with van der Waals surface area (Å²) in [6.45, 7) is 3.38. The zero-order chi connectivity index (χ0) is 18.9. The molecule has 2 atom stereocenters. The van der Waals surface area contributed by atoms with Gasteiger partial charge in [0.15, 0.2) is 0 Å². The molecule has 0 spiro atoms. The van der Waals surface area contributed by atoms with Gasteiger partial charge in [0, 0.05) is 17.8 Å². The minimum Gasteiger partial charge on any atom is -0.390 e. The number of nitrogens with one attached hydrogen (secondary N) is 2. The molecule has 0 heterocycles. The monoisotopic (exact) mass is 362 g/mol. The molecular weight excluding hydrogens is 345 g/mol. The number of aliphatic hydroxyl groups is 1. The van der Waals surface area contributed by atoms with Crippen LogP contribution in [0, 0.1) is 0 Å². The number of anilines is 2. The fraction of sp³-hybridized carbons (Fsp3) is 0.211. The van der Waals surface area contributed by atoms with Crippen LogP contribution in [0.2, 0.25) is 0 Å². The lowest BCUT2D eigenvalue weighted by Crippen LogP contribution is -2.21. The van der Waals surface area contributed by atoms with E-state index in [1.807, 2.05) is 0 Å². The average Bonchev–Trinajstić information content (AvgIpc) is 2.89. The van der Waals surface area contributed by atoms with E-state index in [1.54, 1.807) is 18.2 Å². The zero-order valence-electron chi connectivity index (χ0n) is 13.7. The summed E-state index contributed by atoms with van der Waals surface area (Å²) >= 11 is 0. The fourth-order valence-electron chi connectivity index (χ4n) is 3.05. The van der Waals surface area contributed by atoms with Gasteiger partial charge in [-0.1, -0.05) is 18.7 Å². The summed E-state index contributed by atoms with van der Waals surface area (Å²) < 4.78 is 38.6. The fourth-order valence-corrected chi connectivity index (χ4v) is 3.05. The smallest absolute Gasteiger partial charge is 0.390 e. The summed E-state index contributed by atoms with van der Waals surface area (Å²) in [5.74, 6) is -0.345. The maximum Gasteiger partial charge on any atom is 0.416 e. The number of halogens is 3. The van der Waals surface area contributed by atoms with Crippen LogP contribution < -0.4 is 10.6 Å². The lowest BCUT2D eigenvalue weighted by Gasteiger charge is -2.20. The summed E-state index contributed by atoms with van der Waals surface area (Å²) in [4.78, 5) is 11.4. The Bertz CT molecular complexity index is 849. The molecule has 2 unspecified atom stereocenters. The van der Waals surface area contributed by atoms with Crippen molar-refractivity contribution in [3.63, 3.8) is 0 Å². The third-order valence-electron chi connectivity index (χ3n) is 4.26. The van der Waals surface area contributed by atoms with Crippen LogP contribution >= 0.6 is 0 Å². The average molecular weight is 362 g/mol. The van der Waals surface area contributed by atoms with Gasteiger partial charge < -0.3 is 15.7 Å². The van der Waals surface area contributed by atoms with Crippen LogP contribution in [0.15, 0.2) is 55.1 Å². The second kappa shape index (κ2) is 6.84. The van der Waals surface area contributed by atoms with Crippen LogP contribution in [-0.2, 0) is 17.4 Å². The van der Waals surface area contributed by atoms with Gasteiger partial charge in [-0.05, 0) is 47.5 Å². The van der Waals surface area contributed by atoms with Crippen molar-refractivity contribution in [2.24, 2.45) is 0 Å². The second-order valence-corrected chi connectivity index (χ2v) is 6.08. The minimum absolute atomic E-state index is 0.278. The van der Waals surface area contributed by atoms with Gasteiger partial charge in [0.05, 0.1) is 17.7 Å². The molecule has 3 rings (SSSR count). The predicted octanol–water partition coefficient (Wildman–Crippen LogP) is 3.90. The number of amides is 1. The molecule has 0 saturated heterocycles. The zero-order valence-corrected chi connectivity index (χ0v) is 13.7. The SMILES string of the molecule is C=CC(=O)Nc1ccc2c(c1)CC(O)C2Nc1cccc(C(F)(F)F)c1. The number of hydrogen-bond acceptors (Lipinski definition) is 3. The molecule has 7 heteroatoms. The van der Waals surface area contributed by atoms with Crippen molar-refractivity contribution in [1.29, 1.82) is 0 Å². The highest BCUT2D eigenvalue weighted by Gasteiger charge is 2.33. The molecule has 4 nitrogen and oxygen atoms in total. The molecule has 3 N–H and O–H groups in total. The van der Waals surface area contributed by atoms with Gasteiger partial charge in [-0.25, -0.2) is 0 Å². The summed E-state index contributed by atoms with van der Waals surface area (Å²) in [6, 6.07) is 9.50. The number of carbonyl (C=O) groups excluding carboxylic acids is 1. The number of hydrogen-bond donors (Lipinski definition) is 3. The van der Waals surface area contributed by atoms with Crippen molar-refractivity contribution in [3.05, 3.63) is 71.8 Å². The van der Waals surface area contributed by atoms with Crippen LogP contribution in [0.1, 0.15) is 22.7 Å². The maximum absolute atomic E-state index is 12.9. The van der Waals surface area contributed by atoms with Gasteiger partial charge in [0.2, 0.25) is 5.91 Å². The molecule has 1 aliphatic rings. The maximum atomic E-state index is 12.9. The number of aliphatic hydroxyl groups excluding tert-OH is 1. The van der Waals surface area contributed by atoms with Crippen molar-refractivity contribution >= 4 is 17.3 Å². The lowest BCUT2D eigenvalue weighted by molar-refractivity contribution is -0.137. The number of carbonyl (C=O) groups is 1. The Hall–Kier alpha value is -2.80. The Morgan fingerprint density at radius 3 is 2.65 bits per heavy atom. The summed E-state index contributed by atoms with van der Waals surface area (Å²) in [5, 5.41) is 15.9. The molecule has 0 aliphatic heterocycles. The number of benzene rings is 2. The van der Waals surface area contributed by atoms with E-state index in [2.05, 4.69) is 17.2 Å². The molecular formula is C19H17F3N2O2. The number of rotatable bonds is 4. The molecule has 2 aromatic carbocycles. The summed E-state index contributed by atoms with van der Waals surface area (Å²) in [6.07, 6.45) is -3.73. The summed E-state index contributed by atoms with van der Waals surface area (Å²) in [7, 11) is 0. The van der Waals surface area contributed by atoms with E-state index in [1.165, 1.54) is 12.1 Å². The largest absolute Gasteiger partial charge is 0.416 e. The van der Waals surface area contributed by atoms with Crippen LogP contribution in [0.25, 0.3) is 0 Å². The first kappa shape index (κ1) is 18.0. The van der Waals surface area contributed by atoms with Gasteiger partial charge in [0.25, 0.3) is 0 Å². The van der Waals surface area contributed by atoms with E-state index in [-0.39, 0.29) is 11.6 Å². The third-order valence-corrected chi connectivity index (χ3v) is 4.26. The molecule has 0 bridgehead atoms. The lowest BCUT2D eigenvalue weighted by atomic mass is 10.1. The Kier molecular flexibility index (Phi) is 4.73.